The van der Waals surface area contributed by atoms with Crippen LogP contribution in [0.3, 0.4) is 0 Å². The van der Waals surface area contributed by atoms with Gasteiger partial charge in [0.25, 0.3) is 0 Å². The van der Waals surface area contributed by atoms with E-state index in [4.69, 9.17) is 18.6 Å². The average molecular weight is 338 g/mol. The van der Waals surface area contributed by atoms with Gasteiger partial charge in [-0.2, -0.15) is 0 Å². The van der Waals surface area contributed by atoms with E-state index in [1.54, 1.807) is 0 Å². The van der Waals surface area contributed by atoms with E-state index in [0.29, 0.717) is 0 Å². The summed E-state index contributed by atoms with van der Waals surface area (Å²) < 4.78 is 17.6. The fourth-order valence-corrected chi connectivity index (χ4v) is 4.16. The van der Waals surface area contributed by atoms with E-state index < -0.39 is 8.60 Å². The van der Waals surface area contributed by atoms with Crippen molar-refractivity contribution < 1.29 is 18.6 Å². The van der Waals surface area contributed by atoms with Crippen LogP contribution in [0.2, 0.25) is 0 Å². The van der Waals surface area contributed by atoms with Crippen molar-refractivity contribution in [3.63, 3.8) is 0 Å². The Kier molecular flexibility index (Phi) is 3.49. The summed E-state index contributed by atoms with van der Waals surface area (Å²) in [5.41, 5.74) is 2.90. The zero-order valence-corrected chi connectivity index (χ0v) is 16.5. The second-order valence-electron chi connectivity index (χ2n) is 9.43. The Morgan fingerprint density at radius 2 is 0.913 bits per heavy atom. The van der Waals surface area contributed by atoms with Crippen molar-refractivity contribution in [1.82, 2.24) is 0 Å². The maximum Gasteiger partial charge on any atom is 0.502 e. The van der Waals surface area contributed by atoms with Crippen molar-refractivity contribution in [2.24, 2.45) is 0 Å². The van der Waals surface area contributed by atoms with Crippen molar-refractivity contribution in [2.75, 3.05) is 0 Å². The summed E-state index contributed by atoms with van der Waals surface area (Å²) in [5, 5.41) is 0. The zero-order valence-electron chi connectivity index (χ0n) is 15.6. The molecule has 0 saturated carbocycles. The van der Waals surface area contributed by atoms with Crippen LogP contribution >= 0.6 is 8.60 Å². The van der Waals surface area contributed by atoms with Crippen molar-refractivity contribution in [1.29, 1.82) is 0 Å². The fraction of sp³-hybridized carbons (Fsp3) is 0.667. The third kappa shape index (κ3) is 2.60. The molecule has 0 amide bonds. The Morgan fingerprint density at radius 3 is 1.26 bits per heavy atom. The van der Waals surface area contributed by atoms with Gasteiger partial charge < -0.3 is 13.9 Å². The normalized spacial score (nSPS) is 17.6. The molecular weight excluding hydrogens is 311 g/mol. The Morgan fingerprint density at radius 1 is 0.565 bits per heavy atom. The molecule has 3 aliphatic heterocycles. The molecule has 0 atom stereocenters. The van der Waals surface area contributed by atoms with Gasteiger partial charge in [0.1, 0.15) is 11.5 Å². The highest BCUT2D eigenvalue weighted by atomic mass is 31.2. The van der Waals surface area contributed by atoms with Gasteiger partial charge in [0, 0.05) is 16.7 Å². The van der Waals surface area contributed by atoms with Gasteiger partial charge in [-0.15, -0.1) is 0 Å². The molecule has 4 bridgehead atoms. The fourth-order valence-electron chi connectivity index (χ4n) is 3.26. The lowest BCUT2D eigenvalue weighted by Crippen LogP contribution is -2.26. The molecule has 1 aromatic rings. The van der Waals surface area contributed by atoms with Crippen molar-refractivity contribution in [3.05, 3.63) is 16.7 Å². The first-order valence-corrected chi connectivity index (χ1v) is 9.17. The number of hydrogen-bond donors (Lipinski definition) is 0. The first-order chi connectivity index (χ1) is 10.3. The summed E-state index contributed by atoms with van der Waals surface area (Å²) in [6.45, 7) is 19.6. The average Bonchev–Trinajstić information content (AvgIpc) is 2.50. The number of benzene rings is 1. The van der Waals surface area contributed by atoms with E-state index in [0.717, 1.165) is 33.9 Å². The van der Waals surface area contributed by atoms with Gasteiger partial charge >= 0.3 is 8.60 Å². The SMILES string of the molecule is CC(C)(C)c1c2c(C(C)(C)C)c3c(C(C)(C)C)c1OP(OO2)O3. The first kappa shape index (κ1) is 16.9. The van der Waals surface area contributed by atoms with E-state index in [9.17, 15) is 0 Å². The Balaban J connectivity index is 2.50. The van der Waals surface area contributed by atoms with E-state index >= 15 is 0 Å². The van der Waals surface area contributed by atoms with Crippen LogP contribution in [0.25, 0.3) is 0 Å². The molecule has 3 aliphatic rings. The molecule has 0 aliphatic carbocycles. The minimum absolute atomic E-state index is 0.102. The quantitative estimate of drug-likeness (QED) is 0.436. The summed E-state index contributed by atoms with van der Waals surface area (Å²) in [5.74, 6) is 2.54. The van der Waals surface area contributed by atoms with Gasteiger partial charge in [-0.3, -0.25) is 0 Å². The molecule has 0 aromatic heterocycles. The van der Waals surface area contributed by atoms with E-state index in [-0.39, 0.29) is 16.2 Å². The van der Waals surface area contributed by atoms with Crippen LogP contribution in [0.4, 0.5) is 0 Å². The Labute approximate surface area is 140 Å². The summed E-state index contributed by atoms with van der Waals surface area (Å²) >= 11 is 0. The molecule has 0 N–H and O–H groups in total. The summed E-state index contributed by atoms with van der Waals surface area (Å²) in [6, 6.07) is 0. The molecule has 4 nitrogen and oxygen atoms in total. The van der Waals surface area contributed by atoms with E-state index in [2.05, 4.69) is 62.3 Å². The van der Waals surface area contributed by atoms with Crippen LogP contribution in [-0.4, -0.2) is 0 Å². The Hall–Kier alpha value is -0.990. The molecule has 0 saturated heterocycles. The van der Waals surface area contributed by atoms with Gasteiger partial charge in [0.2, 0.25) is 0 Å². The predicted octanol–water partition coefficient (Wildman–Crippen LogP) is 5.90. The van der Waals surface area contributed by atoms with Crippen molar-refractivity contribution in [3.8, 4) is 17.2 Å². The summed E-state index contributed by atoms with van der Waals surface area (Å²) in [4.78, 5) is 5.73. The topological polar surface area (TPSA) is 36.9 Å². The Bertz CT molecular complexity index is 607. The molecule has 0 fully saturated rings. The monoisotopic (exact) mass is 338 g/mol. The maximum absolute atomic E-state index is 6.07. The third-order valence-electron chi connectivity index (χ3n) is 4.13. The van der Waals surface area contributed by atoms with Crippen LogP contribution in [0.15, 0.2) is 0 Å². The first-order valence-electron chi connectivity index (χ1n) is 8.08. The van der Waals surface area contributed by atoms with Crippen LogP contribution < -0.4 is 13.9 Å². The second-order valence-corrected chi connectivity index (χ2v) is 10.4. The minimum Gasteiger partial charge on any atom is -0.415 e. The van der Waals surface area contributed by atoms with Crippen molar-refractivity contribution in [2.45, 2.75) is 78.6 Å². The lowest BCUT2D eigenvalue weighted by Gasteiger charge is -2.37. The molecule has 4 rings (SSSR count). The standard InChI is InChI=1S/C18H27O4P/c1-16(2,3)10-13-11(17(4,5)6)15-12(18(7,8)9)14(10)20-23(21-15)22-19-13/h1-9H3. The van der Waals surface area contributed by atoms with Crippen LogP contribution in [-0.2, 0) is 20.9 Å². The van der Waals surface area contributed by atoms with Gasteiger partial charge in [-0.05, 0) is 16.2 Å². The molecule has 0 spiro atoms. The third-order valence-corrected chi connectivity index (χ3v) is 4.99. The van der Waals surface area contributed by atoms with E-state index in [1.807, 2.05) is 0 Å². The molecule has 128 valence electrons. The molecule has 0 unspecified atom stereocenters. The van der Waals surface area contributed by atoms with Gasteiger partial charge in [-0.1, -0.05) is 67.0 Å². The molecule has 23 heavy (non-hydrogen) atoms. The largest absolute Gasteiger partial charge is 0.502 e. The molecule has 3 heterocycles. The van der Waals surface area contributed by atoms with Crippen LogP contribution in [0.1, 0.15) is 79.0 Å². The molecule has 0 radical (unpaired) electrons. The summed E-state index contributed by atoms with van der Waals surface area (Å²) in [7, 11) is -1.55. The number of hydrogen-bond acceptors (Lipinski definition) is 4. The van der Waals surface area contributed by atoms with Crippen LogP contribution in [0.5, 0.6) is 17.2 Å². The van der Waals surface area contributed by atoms with Gasteiger partial charge in [-0.25, -0.2) is 0 Å². The highest BCUT2D eigenvalue weighted by Gasteiger charge is 2.48. The molecule has 5 heteroatoms. The van der Waals surface area contributed by atoms with Gasteiger partial charge in [0.15, 0.2) is 5.75 Å². The molecular formula is C18H27O4P. The smallest absolute Gasteiger partial charge is 0.415 e. The molecule has 1 aromatic carbocycles. The second kappa shape index (κ2) is 4.77. The van der Waals surface area contributed by atoms with E-state index in [1.165, 1.54) is 0 Å². The maximum atomic E-state index is 6.07. The summed E-state index contributed by atoms with van der Waals surface area (Å²) in [6.07, 6.45) is 0. The lowest BCUT2D eigenvalue weighted by molar-refractivity contribution is -0.103. The highest BCUT2D eigenvalue weighted by Crippen LogP contribution is 2.65. The van der Waals surface area contributed by atoms with Crippen LogP contribution in [0, 0.1) is 0 Å². The highest BCUT2D eigenvalue weighted by molar-refractivity contribution is 7.42. The predicted molar refractivity (Wildman–Crippen MR) is 92.4 cm³/mol. The minimum atomic E-state index is -1.55. The zero-order chi connectivity index (χ0) is 17.4. The van der Waals surface area contributed by atoms with Gasteiger partial charge in [0.05, 0.1) is 0 Å². The van der Waals surface area contributed by atoms with Crippen molar-refractivity contribution >= 4 is 8.60 Å². The lowest BCUT2D eigenvalue weighted by atomic mass is 9.73. The number of rotatable bonds is 0. The number of fused-ring (bicyclic) bond motifs is 1.